The van der Waals surface area contributed by atoms with Crippen molar-refractivity contribution >= 4 is 15.4 Å². The van der Waals surface area contributed by atoms with Gasteiger partial charge < -0.3 is 0 Å². The number of allylic oxidation sites excluding steroid dienone is 2. The Bertz CT molecular complexity index is 1720. The van der Waals surface area contributed by atoms with Gasteiger partial charge in [0.05, 0.1) is 0 Å². The van der Waals surface area contributed by atoms with Crippen LogP contribution in [0.25, 0.3) is 34.4 Å². The SMILES string of the molecule is CC(C)c1ccc(-c2cccc3c2C=C[CH]3[Hf]([CH3])([CH3])(=[C]2CCCC2)[CH]2C=Cc3c(-c4ccc(C(C)C)cc4)cccc32)cc1. The monoisotopic (exact) mass is 744 g/mol. The maximum atomic E-state index is 2.83. The van der Waals surface area contributed by atoms with Crippen LogP contribution in [-0.4, -0.2) is 3.26 Å². The minimum absolute atomic E-state index is 0.527. The fourth-order valence-electron chi connectivity index (χ4n) is 9.04. The summed E-state index contributed by atoms with van der Waals surface area (Å²) < 4.78 is 8.69. The summed E-state index contributed by atoms with van der Waals surface area (Å²) in [4.78, 5) is 0. The first-order valence-electron chi connectivity index (χ1n) is 17.0. The van der Waals surface area contributed by atoms with Gasteiger partial charge in [0, 0.05) is 0 Å². The van der Waals surface area contributed by atoms with Gasteiger partial charge >= 0.3 is 268 Å². The summed E-state index contributed by atoms with van der Waals surface area (Å²) in [6.45, 7) is 9.11. The Hall–Kier alpha value is -2.90. The van der Waals surface area contributed by atoms with E-state index in [-0.39, 0.29) is 0 Å². The third-order valence-corrected chi connectivity index (χ3v) is 39.1. The zero-order valence-electron chi connectivity index (χ0n) is 27.5. The van der Waals surface area contributed by atoms with Gasteiger partial charge in [-0.1, -0.05) is 0 Å². The van der Waals surface area contributed by atoms with E-state index in [9.17, 15) is 0 Å². The standard InChI is InChI=1S/2C18H17.C5H8.2CH3.Hf/c2*1-13(2)14-9-11-16(12-10-14)18-8-4-6-15-5-3-7-17(15)18;1-2-4-5-3-1;;;/h2*3-13H,1-2H3;1-4H2;2*1H3;. The summed E-state index contributed by atoms with van der Waals surface area (Å²) in [5.41, 5.74) is 14.4. The summed E-state index contributed by atoms with van der Waals surface area (Å²) in [5, 5.41) is 0. The van der Waals surface area contributed by atoms with E-state index in [2.05, 4.69) is 146 Å². The van der Waals surface area contributed by atoms with Crippen LogP contribution in [0.1, 0.15) is 106 Å². The molecule has 0 radical (unpaired) electrons. The van der Waals surface area contributed by atoms with Crippen LogP contribution in [0, 0.1) is 0 Å². The van der Waals surface area contributed by atoms with Gasteiger partial charge in [-0.25, -0.2) is 0 Å². The molecule has 0 aliphatic heterocycles. The molecule has 0 N–H and O–H groups in total. The Morgan fingerprint density at radius 2 is 0.955 bits per heavy atom. The van der Waals surface area contributed by atoms with Crippen molar-refractivity contribution in [2.24, 2.45) is 0 Å². The second-order valence-corrected chi connectivity index (χ2v) is 41.0. The molecule has 0 bridgehead atoms. The summed E-state index contributed by atoms with van der Waals surface area (Å²) in [5.74, 6) is 1.10. The molecule has 2 unspecified atom stereocenters. The van der Waals surface area contributed by atoms with E-state index in [4.69, 9.17) is 0 Å². The number of hydrogen-bond donors (Lipinski definition) is 0. The molecule has 7 rings (SSSR count). The van der Waals surface area contributed by atoms with Gasteiger partial charge in [0.15, 0.2) is 0 Å². The van der Waals surface area contributed by atoms with Crippen LogP contribution >= 0.6 is 0 Å². The van der Waals surface area contributed by atoms with Gasteiger partial charge in [0.25, 0.3) is 0 Å². The van der Waals surface area contributed by atoms with E-state index in [1.807, 2.05) is 3.26 Å². The number of fused-ring (bicyclic) bond motifs is 2. The molecule has 4 aromatic rings. The van der Waals surface area contributed by atoms with E-state index in [1.165, 1.54) is 70.2 Å². The van der Waals surface area contributed by atoms with Crippen molar-refractivity contribution in [3.63, 3.8) is 0 Å². The van der Waals surface area contributed by atoms with Gasteiger partial charge in [-0.15, -0.1) is 0 Å². The van der Waals surface area contributed by atoms with E-state index < -0.39 is 18.0 Å². The van der Waals surface area contributed by atoms with Crippen molar-refractivity contribution in [3.8, 4) is 22.3 Å². The molecule has 224 valence electrons. The molecular formula is C43H48Hf. The molecule has 2 atom stereocenters. The van der Waals surface area contributed by atoms with Gasteiger partial charge in [0.2, 0.25) is 0 Å². The van der Waals surface area contributed by atoms with E-state index in [1.54, 1.807) is 11.1 Å². The molecule has 0 saturated heterocycles. The first-order chi connectivity index (χ1) is 21.2. The predicted molar refractivity (Wildman–Crippen MR) is 191 cm³/mol. The van der Waals surface area contributed by atoms with E-state index >= 15 is 0 Å². The van der Waals surface area contributed by atoms with Crippen LogP contribution < -0.4 is 0 Å². The Kier molecular flexibility index (Phi) is 7.56. The normalized spacial score (nSPS) is 19.3. The first kappa shape index (κ1) is 29.8. The van der Waals surface area contributed by atoms with Crippen LogP contribution in [0.15, 0.2) is 97.1 Å². The summed E-state index contributed by atoms with van der Waals surface area (Å²) >= 11 is -3.92. The van der Waals surface area contributed by atoms with Crippen molar-refractivity contribution in [1.29, 1.82) is 0 Å². The second kappa shape index (κ2) is 11.2. The van der Waals surface area contributed by atoms with Gasteiger partial charge in [-0.2, -0.15) is 0 Å². The summed E-state index contributed by atoms with van der Waals surface area (Å²) in [7, 11) is 0. The zero-order chi connectivity index (χ0) is 30.7. The third kappa shape index (κ3) is 4.68. The van der Waals surface area contributed by atoms with Crippen molar-refractivity contribution in [1.82, 2.24) is 0 Å². The minimum atomic E-state index is -3.92. The van der Waals surface area contributed by atoms with Crippen LogP contribution in [0.4, 0.5) is 0 Å². The number of rotatable bonds is 6. The zero-order valence-corrected chi connectivity index (χ0v) is 31.1. The molecule has 0 nitrogen and oxygen atoms in total. The van der Waals surface area contributed by atoms with Gasteiger partial charge in [-0.05, 0) is 0 Å². The average molecular weight is 743 g/mol. The summed E-state index contributed by atoms with van der Waals surface area (Å²) in [6.07, 6.45) is 15.7. The fraction of sp³-hybridized carbons (Fsp3) is 0.326. The predicted octanol–water partition coefficient (Wildman–Crippen LogP) is 12.6. The summed E-state index contributed by atoms with van der Waals surface area (Å²) in [6, 6.07) is 32.9. The van der Waals surface area contributed by atoms with E-state index in [0.717, 1.165) is 0 Å². The van der Waals surface area contributed by atoms with E-state index in [0.29, 0.717) is 19.2 Å². The molecule has 1 heteroatoms. The topological polar surface area (TPSA) is 0 Å². The molecule has 0 aromatic heterocycles. The van der Waals surface area contributed by atoms with Crippen LogP contribution in [0.5, 0.6) is 0 Å². The van der Waals surface area contributed by atoms with Crippen molar-refractivity contribution in [2.45, 2.75) is 81.9 Å². The molecule has 0 spiro atoms. The fourth-order valence-corrected chi connectivity index (χ4v) is 34.2. The van der Waals surface area contributed by atoms with Crippen molar-refractivity contribution in [2.75, 3.05) is 0 Å². The van der Waals surface area contributed by atoms with Crippen LogP contribution in [-0.2, 0) is 18.0 Å². The van der Waals surface area contributed by atoms with Gasteiger partial charge in [0.1, 0.15) is 0 Å². The quantitative estimate of drug-likeness (QED) is 0.173. The molecule has 3 aliphatic rings. The van der Waals surface area contributed by atoms with Crippen LogP contribution in [0.3, 0.4) is 0 Å². The molecular weight excluding hydrogens is 695 g/mol. The molecule has 0 heterocycles. The second-order valence-electron chi connectivity index (χ2n) is 15.3. The van der Waals surface area contributed by atoms with Gasteiger partial charge in [-0.3, -0.25) is 0 Å². The molecule has 0 amide bonds. The Labute approximate surface area is 266 Å². The average Bonchev–Trinajstić information content (AvgIpc) is 3.82. The Balaban J connectivity index is 1.35. The molecule has 1 fully saturated rings. The molecule has 3 aliphatic carbocycles. The Morgan fingerprint density at radius 3 is 1.34 bits per heavy atom. The van der Waals surface area contributed by atoms with Crippen molar-refractivity contribution in [3.05, 3.63) is 130 Å². The maximum absolute atomic E-state index is 3.92. The molecule has 44 heavy (non-hydrogen) atoms. The Morgan fingerprint density at radius 1 is 0.545 bits per heavy atom. The first-order valence-corrected chi connectivity index (χ1v) is 30.2. The number of hydrogen-bond acceptors (Lipinski definition) is 0. The number of benzene rings is 4. The molecule has 1 saturated carbocycles. The molecule has 4 aromatic carbocycles. The van der Waals surface area contributed by atoms with Crippen molar-refractivity contribution < 1.29 is 18.0 Å². The van der Waals surface area contributed by atoms with Crippen LogP contribution in [0.2, 0.25) is 9.36 Å². The third-order valence-electron chi connectivity index (χ3n) is 11.9.